The molecule has 1 rings (SSSR count). The molecule has 1 heterocycles. The van der Waals surface area contributed by atoms with Crippen LogP contribution >= 0.6 is 0 Å². The summed E-state index contributed by atoms with van der Waals surface area (Å²) >= 11 is 0. The molecule has 143 valence electrons. The minimum absolute atomic E-state index is 0. The molecule has 24 heavy (non-hydrogen) atoms. The third-order valence-corrected chi connectivity index (χ3v) is 3.27. The predicted octanol–water partition coefficient (Wildman–Crippen LogP) is 3.25. The van der Waals surface area contributed by atoms with E-state index in [-0.39, 0.29) is 17.1 Å². The van der Waals surface area contributed by atoms with Crippen molar-refractivity contribution in [3.63, 3.8) is 0 Å². The zero-order valence-electron chi connectivity index (χ0n) is 12.5. The second-order valence-corrected chi connectivity index (χ2v) is 6.06. The molecule has 1 aromatic rings. The van der Waals surface area contributed by atoms with E-state index in [0.29, 0.717) is 0 Å². The Balaban J connectivity index is 0.00000529. The fraction of sp³-hybridized carbons (Fsp3) is 0.615. The number of aliphatic hydroxyl groups excluding tert-OH is 2. The SMILES string of the molecule is CC(C)(C)C(O)C(C(O)c1c(F)c(F)nc(F)c1F)C(F)(F)F.[Cu]. The van der Waals surface area contributed by atoms with Crippen LogP contribution in [0.25, 0.3) is 0 Å². The van der Waals surface area contributed by atoms with E-state index in [0.717, 1.165) is 0 Å². The number of aliphatic hydroxyl groups is 2. The molecule has 1 aromatic heterocycles. The maximum atomic E-state index is 13.5. The van der Waals surface area contributed by atoms with Gasteiger partial charge in [0.25, 0.3) is 11.9 Å². The van der Waals surface area contributed by atoms with Crippen LogP contribution < -0.4 is 0 Å². The third kappa shape index (κ3) is 4.59. The Labute approximate surface area is 143 Å². The Kier molecular flexibility index (Phi) is 7.27. The number of alkyl halides is 3. The maximum Gasteiger partial charge on any atom is 0.397 e. The van der Waals surface area contributed by atoms with Crippen LogP contribution in [0.15, 0.2) is 0 Å². The van der Waals surface area contributed by atoms with E-state index in [1.807, 2.05) is 0 Å². The van der Waals surface area contributed by atoms with Crippen molar-refractivity contribution in [2.75, 3.05) is 0 Å². The molecule has 0 spiro atoms. The molecule has 0 aliphatic rings. The van der Waals surface area contributed by atoms with Gasteiger partial charge in [-0.15, -0.1) is 0 Å². The number of aromatic nitrogens is 1. The molecule has 3 atom stereocenters. The molecule has 0 amide bonds. The zero-order chi connectivity index (χ0) is 18.3. The van der Waals surface area contributed by atoms with Crippen LogP contribution in [0.2, 0.25) is 0 Å². The summed E-state index contributed by atoms with van der Waals surface area (Å²) in [6.45, 7) is 3.55. The molecule has 3 nitrogen and oxygen atoms in total. The Morgan fingerprint density at radius 2 is 1.25 bits per heavy atom. The Bertz CT molecular complexity index is 563. The fourth-order valence-electron chi connectivity index (χ4n) is 2.01. The van der Waals surface area contributed by atoms with Crippen LogP contribution in [0.5, 0.6) is 0 Å². The molecule has 0 fully saturated rings. The van der Waals surface area contributed by atoms with Crippen molar-refractivity contribution in [1.29, 1.82) is 0 Å². The standard InChI is InChI=1S/C13H14F7NO2.Cu/c1-12(2,3)9(23)5(13(18,19)20)8(22)4-6(14)10(16)21-11(17)7(4)15;/h5,8-9,22-23H,1-3H3;. The summed E-state index contributed by atoms with van der Waals surface area (Å²) in [5, 5.41) is 19.5. The first kappa shape index (κ1) is 23.1. The molecule has 0 aromatic carbocycles. The smallest absolute Gasteiger partial charge is 0.392 e. The van der Waals surface area contributed by atoms with E-state index in [9.17, 15) is 40.9 Å². The molecule has 0 aliphatic heterocycles. The first-order valence-corrected chi connectivity index (χ1v) is 6.32. The largest absolute Gasteiger partial charge is 0.397 e. The number of halogens is 7. The number of hydrogen-bond donors (Lipinski definition) is 2. The van der Waals surface area contributed by atoms with Gasteiger partial charge in [-0.05, 0) is 5.41 Å². The topological polar surface area (TPSA) is 53.4 Å². The minimum Gasteiger partial charge on any atom is -0.392 e. The van der Waals surface area contributed by atoms with Gasteiger partial charge in [-0.1, -0.05) is 20.8 Å². The van der Waals surface area contributed by atoms with E-state index in [2.05, 4.69) is 4.98 Å². The molecule has 0 bridgehead atoms. The van der Waals surface area contributed by atoms with E-state index >= 15 is 0 Å². The quantitative estimate of drug-likeness (QED) is 0.455. The van der Waals surface area contributed by atoms with Crippen molar-refractivity contribution in [3.8, 4) is 0 Å². The van der Waals surface area contributed by atoms with Gasteiger partial charge in [0.2, 0.25) is 0 Å². The first-order valence-electron chi connectivity index (χ1n) is 6.32. The van der Waals surface area contributed by atoms with Gasteiger partial charge in [0.1, 0.15) is 5.92 Å². The van der Waals surface area contributed by atoms with Gasteiger partial charge in [-0.25, -0.2) is 8.78 Å². The minimum atomic E-state index is -5.30. The Hall–Kier alpha value is -0.901. The number of hydrogen-bond acceptors (Lipinski definition) is 3. The van der Waals surface area contributed by atoms with Crippen molar-refractivity contribution in [3.05, 3.63) is 29.1 Å². The van der Waals surface area contributed by atoms with Gasteiger partial charge in [0, 0.05) is 17.1 Å². The van der Waals surface area contributed by atoms with E-state index < -0.39 is 58.8 Å². The van der Waals surface area contributed by atoms with E-state index in [1.165, 1.54) is 20.8 Å². The molecule has 3 unspecified atom stereocenters. The monoisotopic (exact) mass is 412 g/mol. The van der Waals surface area contributed by atoms with Crippen LogP contribution in [0.3, 0.4) is 0 Å². The van der Waals surface area contributed by atoms with Crippen LogP contribution in [-0.4, -0.2) is 27.5 Å². The van der Waals surface area contributed by atoms with Crippen molar-refractivity contribution < 1.29 is 58.0 Å². The van der Waals surface area contributed by atoms with Gasteiger partial charge < -0.3 is 10.2 Å². The second kappa shape index (κ2) is 7.55. The third-order valence-electron chi connectivity index (χ3n) is 3.27. The molecular formula is C13H14CuF7NO2. The normalized spacial score (nSPS) is 16.3. The van der Waals surface area contributed by atoms with E-state index in [4.69, 9.17) is 0 Å². The molecule has 0 aliphatic carbocycles. The van der Waals surface area contributed by atoms with Gasteiger partial charge in [0.05, 0.1) is 17.8 Å². The number of rotatable bonds is 3. The van der Waals surface area contributed by atoms with Crippen molar-refractivity contribution in [2.45, 2.75) is 39.2 Å². The molecule has 11 heteroatoms. The van der Waals surface area contributed by atoms with Crippen LogP contribution in [0, 0.1) is 34.9 Å². The second-order valence-electron chi connectivity index (χ2n) is 6.06. The van der Waals surface area contributed by atoms with Gasteiger partial charge in [-0.2, -0.15) is 26.9 Å². The van der Waals surface area contributed by atoms with Gasteiger partial charge in [-0.3, -0.25) is 0 Å². The van der Waals surface area contributed by atoms with Crippen LogP contribution in [0.4, 0.5) is 30.7 Å². The summed E-state index contributed by atoms with van der Waals surface area (Å²) in [5.74, 6) is -12.0. The summed E-state index contributed by atoms with van der Waals surface area (Å²) in [6.07, 6.45) is -10.7. The fourth-order valence-corrected chi connectivity index (χ4v) is 2.01. The summed E-state index contributed by atoms with van der Waals surface area (Å²) in [5.41, 5.74) is -3.32. The van der Waals surface area contributed by atoms with Crippen LogP contribution in [0.1, 0.15) is 32.4 Å². The van der Waals surface area contributed by atoms with Gasteiger partial charge in [0.15, 0.2) is 11.6 Å². The molecule has 0 saturated heterocycles. The average Bonchev–Trinajstić information content (AvgIpc) is 2.34. The summed E-state index contributed by atoms with van der Waals surface area (Å²) in [6, 6.07) is 0. The molecule has 0 saturated carbocycles. The molecule has 2 N–H and O–H groups in total. The summed E-state index contributed by atoms with van der Waals surface area (Å²) < 4.78 is 92.6. The molecular weight excluding hydrogens is 399 g/mol. The van der Waals surface area contributed by atoms with Crippen molar-refractivity contribution in [1.82, 2.24) is 4.98 Å². The van der Waals surface area contributed by atoms with Crippen molar-refractivity contribution >= 4 is 0 Å². The van der Waals surface area contributed by atoms with Crippen LogP contribution in [-0.2, 0) is 17.1 Å². The predicted molar refractivity (Wildman–Crippen MR) is 64.0 cm³/mol. The number of nitrogens with zero attached hydrogens (tertiary/aromatic N) is 1. The van der Waals surface area contributed by atoms with E-state index in [1.54, 1.807) is 0 Å². The molecule has 1 radical (unpaired) electrons. The summed E-state index contributed by atoms with van der Waals surface area (Å²) in [7, 11) is 0. The first-order chi connectivity index (χ1) is 10.2. The number of pyridine rings is 1. The van der Waals surface area contributed by atoms with Gasteiger partial charge >= 0.3 is 6.18 Å². The Morgan fingerprint density at radius 3 is 1.54 bits per heavy atom. The summed E-state index contributed by atoms with van der Waals surface area (Å²) in [4.78, 5) is 2.19. The maximum absolute atomic E-state index is 13.5. The Morgan fingerprint density at radius 1 is 0.875 bits per heavy atom. The van der Waals surface area contributed by atoms with Crippen molar-refractivity contribution in [2.24, 2.45) is 11.3 Å². The zero-order valence-corrected chi connectivity index (χ0v) is 13.5. The average molecular weight is 413 g/mol.